The van der Waals surface area contributed by atoms with Crippen LogP contribution in [0.5, 0.6) is 5.75 Å². The molecular weight excluding hydrogens is 596 g/mol. The number of hydrogen-bond acceptors (Lipinski definition) is 8. The zero-order valence-electron chi connectivity index (χ0n) is 24.1. The minimum Gasteiger partial charge on any atom is -0.495 e. The molecule has 1 saturated heterocycles. The number of anilines is 6. The third-order valence-corrected chi connectivity index (χ3v) is 8.42. The largest absolute Gasteiger partial charge is 0.495 e. The van der Waals surface area contributed by atoms with E-state index in [2.05, 4.69) is 60.2 Å². The molecule has 10 nitrogen and oxygen atoms in total. The van der Waals surface area contributed by atoms with Gasteiger partial charge in [-0.05, 0) is 78.3 Å². The summed E-state index contributed by atoms with van der Waals surface area (Å²) < 4.78 is 6.21. The number of carbonyl (C=O) groups is 1. The van der Waals surface area contributed by atoms with E-state index >= 15 is 0 Å². The number of rotatable bonds is 6. The highest BCUT2D eigenvalue weighted by molar-refractivity contribution is 9.10. The second-order valence-corrected chi connectivity index (χ2v) is 11.5. The number of para-hydroxylation sites is 1. The maximum absolute atomic E-state index is 14.2. The molecule has 11 heteroatoms. The van der Waals surface area contributed by atoms with Crippen LogP contribution in [0.1, 0.15) is 16.7 Å². The standard InChI is InChI=1S/C31H33BrN8O2/c1-20-6-5-7-21(2)28(20)39-19-22-17-34-30(36-29(22)40(31(39)41)27-11-9-24(42-4)18-33-27)35-26-10-8-23(16-25(26)32)38-14-12-37(3)13-15-38/h5-11,16-18H,12-15,19H2,1-4H3,(H,34,35,36). The predicted molar refractivity (Wildman–Crippen MR) is 170 cm³/mol. The number of aromatic nitrogens is 3. The molecule has 0 spiro atoms. The molecule has 0 unspecified atom stereocenters. The van der Waals surface area contributed by atoms with Gasteiger partial charge in [0.25, 0.3) is 0 Å². The summed E-state index contributed by atoms with van der Waals surface area (Å²) in [4.78, 5) is 36.2. The maximum atomic E-state index is 14.2. The molecule has 0 radical (unpaired) electrons. The quantitative estimate of drug-likeness (QED) is 0.277. The average molecular weight is 630 g/mol. The van der Waals surface area contributed by atoms with E-state index in [0.29, 0.717) is 29.9 Å². The minimum atomic E-state index is -0.236. The number of nitrogens with one attached hydrogen (secondary N) is 1. The number of nitrogens with zero attached hydrogens (tertiary/aromatic N) is 7. The van der Waals surface area contributed by atoms with Crippen LogP contribution in [-0.4, -0.2) is 66.2 Å². The molecule has 0 saturated carbocycles. The summed E-state index contributed by atoms with van der Waals surface area (Å²) in [6.07, 6.45) is 3.38. The van der Waals surface area contributed by atoms with Gasteiger partial charge in [-0.25, -0.2) is 19.7 Å². The number of carbonyl (C=O) groups excluding carboxylic acids is 1. The Hall–Kier alpha value is -4.22. The molecule has 4 heterocycles. The van der Waals surface area contributed by atoms with Gasteiger partial charge in [0.05, 0.1) is 31.2 Å². The van der Waals surface area contributed by atoms with Gasteiger partial charge in [-0.3, -0.25) is 4.90 Å². The third kappa shape index (κ3) is 5.37. The highest BCUT2D eigenvalue weighted by atomic mass is 79.9. The number of fused-ring (bicyclic) bond motifs is 1. The normalized spacial score (nSPS) is 15.5. The maximum Gasteiger partial charge on any atom is 0.336 e. The molecule has 6 rings (SSSR count). The van der Waals surface area contributed by atoms with Crippen LogP contribution in [-0.2, 0) is 6.54 Å². The van der Waals surface area contributed by atoms with Gasteiger partial charge in [-0.2, -0.15) is 4.98 Å². The molecule has 42 heavy (non-hydrogen) atoms. The van der Waals surface area contributed by atoms with E-state index in [1.165, 1.54) is 5.69 Å². The number of pyridine rings is 1. The molecule has 2 aromatic carbocycles. The van der Waals surface area contributed by atoms with Crippen molar-refractivity contribution in [2.75, 3.05) is 60.4 Å². The van der Waals surface area contributed by atoms with Gasteiger partial charge in [0.2, 0.25) is 5.95 Å². The lowest BCUT2D eigenvalue weighted by Gasteiger charge is -2.36. The molecule has 1 fully saturated rings. The number of piperazine rings is 1. The van der Waals surface area contributed by atoms with Gasteiger partial charge in [-0.1, -0.05) is 18.2 Å². The van der Waals surface area contributed by atoms with Crippen LogP contribution in [0.25, 0.3) is 0 Å². The zero-order valence-corrected chi connectivity index (χ0v) is 25.7. The summed E-state index contributed by atoms with van der Waals surface area (Å²) in [7, 11) is 3.74. The topological polar surface area (TPSA) is 90.0 Å². The van der Waals surface area contributed by atoms with E-state index in [-0.39, 0.29) is 6.03 Å². The Morgan fingerprint density at radius 3 is 2.38 bits per heavy atom. The lowest BCUT2D eigenvalue weighted by atomic mass is 10.1. The molecule has 0 atom stereocenters. The fraction of sp³-hybridized carbons (Fsp3) is 0.290. The fourth-order valence-electron chi connectivity index (χ4n) is 5.44. The molecule has 2 aliphatic heterocycles. The van der Waals surface area contributed by atoms with Crippen LogP contribution in [0.2, 0.25) is 0 Å². The third-order valence-electron chi connectivity index (χ3n) is 7.77. The van der Waals surface area contributed by atoms with E-state index in [1.54, 1.807) is 41.4 Å². The SMILES string of the molecule is COc1ccc(N2C(=O)N(c3c(C)cccc3C)Cc3cnc(Nc4ccc(N5CCN(C)CC5)cc4Br)nc32)nc1. The van der Waals surface area contributed by atoms with Crippen molar-refractivity contribution in [1.29, 1.82) is 0 Å². The van der Waals surface area contributed by atoms with Crippen molar-refractivity contribution >= 4 is 56.6 Å². The summed E-state index contributed by atoms with van der Waals surface area (Å²) in [5, 5.41) is 3.34. The number of likely N-dealkylation sites (N-methyl/N-ethyl adjacent to an activating group) is 1. The highest BCUT2D eigenvalue weighted by Gasteiger charge is 2.36. The van der Waals surface area contributed by atoms with Gasteiger partial charge in [-0.15, -0.1) is 0 Å². The Bertz CT molecular complexity index is 1600. The lowest BCUT2D eigenvalue weighted by molar-refractivity contribution is 0.252. The highest BCUT2D eigenvalue weighted by Crippen LogP contribution is 2.38. The second-order valence-electron chi connectivity index (χ2n) is 10.6. The van der Waals surface area contributed by atoms with Crippen molar-refractivity contribution in [3.63, 3.8) is 0 Å². The number of benzene rings is 2. The van der Waals surface area contributed by atoms with Crippen LogP contribution in [0, 0.1) is 13.8 Å². The lowest BCUT2D eigenvalue weighted by Crippen LogP contribution is -2.46. The fourth-order valence-corrected chi connectivity index (χ4v) is 5.90. The summed E-state index contributed by atoms with van der Waals surface area (Å²) in [5.74, 6) is 1.92. The van der Waals surface area contributed by atoms with Crippen molar-refractivity contribution in [2.45, 2.75) is 20.4 Å². The van der Waals surface area contributed by atoms with Crippen LogP contribution in [0.3, 0.4) is 0 Å². The summed E-state index contributed by atoms with van der Waals surface area (Å²) in [6.45, 7) is 8.43. The Balaban J connectivity index is 1.34. The first-order chi connectivity index (χ1) is 20.3. The Labute approximate surface area is 254 Å². The van der Waals surface area contributed by atoms with E-state index in [0.717, 1.165) is 58.7 Å². The van der Waals surface area contributed by atoms with Crippen molar-refractivity contribution in [1.82, 2.24) is 19.9 Å². The average Bonchev–Trinajstić information content (AvgIpc) is 2.99. The van der Waals surface area contributed by atoms with Gasteiger partial charge in [0, 0.05) is 48.1 Å². The number of urea groups is 1. The van der Waals surface area contributed by atoms with Crippen LogP contribution >= 0.6 is 15.9 Å². The predicted octanol–water partition coefficient (Wildman–Crippen LogP) is 6.03. The number of halogens is 1. The van der Waals surface area contributed by atoms with Gasteiger partial charge in [0.15, 0.2) is 5.82 Å². The monoisotopic (exact) mass is 628 g/mol. The molecule has 2 aromatic heterocycles. The smallest absolute Gasteiger partial charge is 0.336 e. The van der Waals surface area contributed by atoms with E-state index in [9.17, 15) is 4.79 Å². The summed E-state index contributed by atoms with van der Waals surface area (Å²) >= 11 is 3.73. The Morgan fingerprint density at radius 2 is 1.71 bits per heavy atom. The first-order valence-corrected chi connectivity index (χ1v) is 14.7. The Kier molecular flexibility index (Phi) is 7.70. The van der Waals surface area contributed by atoms with Crippen molar-refractivity contribution < 1.29 is 9.53 Å². The summed E-state index contributed by atoms with van der Waals surface area (Å²) in [5.41, 5.74) is 5.71. The number of ether oxygens (including phenoxy) is 1. The molecule has 2 amide bonds. The van der Waals surface area contributed by atoms with E-state index in [1.807, 2.05) is 38.1 Å². The molecular formula is C31H33BrN8O2. The second kappa shape index (κ2) is 11.6. The molecule has 4 aromatic rings. The van der Waals surface area contributed by atoms with Gasteiger partial charge in [0.1, 0.15) is 11.6 Å². The zero-order chi connectivity index (χ0) is 29.4. The molecule has 0 bridgehead atoms. The van der Waals surface area contributed by atoms with Gasteiger partial charge >= 0.3 is 6.03 Å². The Morgan fingerprint density at radius 1 is 0.952 bits per heavy atom. The van der Waals surface area contributed by atoms with E-state index in [4.69, 9.17) is 9.72 Å². The molecule has 2 aliphatic rings. The van der Waals surface area contributed by atoms with Crippen LogP contribution in [0.4, 0.5) is 39.4 Å². The van der Waals surface area contributed by atoms with Gasteiger partial charge < -0.3 is 19.9 Å². The van der Waals surface area contributed by atoms with E-state index < -0.39 is 0 Å². The first-order valence-electron chi connectivity index (χ1n) is 13.9. The first kappa shape index (κ1) is 27.9. The number of methoxy groups -OCH3 is 1. The van der Waals surface area contributed by atoms with Crippen molar-refractivity contribution in [3.8, 4) is 5.75 Å². The van der Waals surface area contributed by atoms with Crippen molar-refractivity contribution in [3.05, 3.63) is 82.1 Å². The minimum absolute atomic E-state index is 0.236. The molecule has 216 valence electrons. The summed E-state index contributed by atoms with van der Waals surface area (Å²) in [6, 6.07) is 15.6. The number of hydrogen-bond donors (Lipinski definition) is 1. The molecule has 0 aliphatic carbocycles. The number of aryl methyl sites for hydroxylation is 2. The van der Waals surface area contributed by atoms with Crippen LogP contribution in [0.15, 0.2) is 65.4 Å². The van der Waals surface area contributed by atoms with Crippen LogP contribution < -0.4 is 24.8 Å². The number of amides is 2. The van der Waals surface area contributed by atoms with Crippen molar-refractivity contribution in [2.24, 2.45) is 0 Å². The molecule has 1 N–H and O–H groups in total.